The number of nitrogens with two attached hydrogens (primary N) is 1. The van der Waals surface area contributed by atoms with E-state index in [0.717, 1.165) is 18.7 Å². The summed E-state index contributed by atoms with van der Waals surface area (Å²) in [6.45, 7) is 3.19. The standard InChI is InChI=1S/C14H22N2O2S/c1-3-11-6-4-5-9-16(11)14-8-7-12(10-13(14)15)19(2,17)18/h7-8,10-11H,3-6,9,15H2,1-2H3. The summed E-state index contributed by atoms with van der Waals surface area (Å²) >= 11 is 0. The molecule has 0 spiro atoms. The lowest BCUT2D eigenvalue weighted by atomic mass is 9.99. The molecule has 0 aromatic heterocycles. The number of anilines is 2. The van der Waals surface area contributed by atoms with Crippen molar-refractivity contribution in [2.24, 2.45) is 0 Å². The maximum Gasteiger partial charge on any atom is 0.175 e. The van der Waals surface area contributed by atoms with Gasteiger partial charge in [-0.1, -0.05) is 6.92 Å². The van der Waals surface area contributed by atoms with Gasteiger partial charge in [0.25, 0.3) is 0 Å². The molecule has 5 heteroatoms. The van der Waals surface area contributed by atoms with Crippen molar-refractivity contribution in [1.82, 2.24) is 0 Å². The Morgan fingerprint density at radius 1 is 1.37 bits per heavy atom. The Morgan fingerprint density at radius 2 is 2.11 bits per heavy atom. The molecule has 0 amide bonds. The van der Waals surface area contributed by atoms with Gasteiger partial charge in [0.15, 0.2) is 9.84 Å². The van der Waals surface area contributed by atoms with Gasteiger partial charge in [0.1, 0.15) is 0 Å². The maximum atomic E-state index is 11.5. The van der Waals surface area contributed by atoms with Crippen LogP contribution in [0.5, 0.6) is 0 Å². The lowest BCUT2D eigenvalue weighted by molar-refractivity contribution is 0.450. The average molecular weight is 282 g/mol. The third-order valence-electron chi connectivity index (χ3n) is 3.83. The predicted molar refractivity (Wildman–Crippen MR) is 79.2 cm³/mol. The van der Waals surface area contributed by atoms with Crippen molar-refractivity contribution in [2.45, 2.75) is 43.5 Å². The number of sulfone groups is 1. The Hall–Kier alpha value is -1.23. The first kappa shape index (κ1) is 14.2. The first-order chi connectivity index (χ1) is 8.93. The second-order valence-electron chi connectivity index (χ2n) is 5.24. The van der Waals surface area contributed by atoms with Gasteiger partial charge in [-0.25, -0.2) is 8.42 Å². The summed E-state index contributed by atoms with van der Waals surface area (Å²) in [5, 5.41) is 0. The van der Waals surface area contributed by atoms with Crippen molar-refractivity contribution < 1.29 is 8.42 Å². The maximum absolute atomic E-state index is 11.5. The zero-order chi connectivity index (χ0) is 14.0. The second-order valence-corrected chi connectivity index (χ2v) is 7.26. The zero-order valence-electron chi connectivity index (χ0n) is 11.6. The molecule has 19 heavy (non-hydrogen) atoms. The van der Waals surface area contributed by atoms with Gasteiger partial charge >= 0.3 is 0 Å². The number of hydrogen-bond acceptors (Lipinski definition) is 4. The fourth-order valence-corrected chi connectivity index (χ4v) is 3.42. The van der Waals surface area contributed by atoms with E-state index in [4.69, 9.17) is 5.73 Å². The van der Waals surface area contributed by atoms with E-state index in [9.17, 15) is 8.42 Å². The Balaban J connectivity index is 2.35. The van der Waals surface area contributed by atoms with Gasteiger partial charge < -0.3 is 10.6 Å². The molecule has 2 rings (SSSR count). The topological polar surface area (TPSA) is 63.4 Å². The molecule has 1 saturated heterocycles. The van der Waals surface area contributed by atoms with Gasteiger partial charge in [0.2, 0.25) is 0 Å². The highest BCUT2D eigenvalue weighted by Gasteiger charge is 2.23. The molecule has 1 aromatic rings. The van der Waals surface area contributed by atoms with E-state index < -0.39 is 9.84 Å². The van der Waals surface area contributed by atoms with Gasteiger partial charge in [-0.2, -0.15) is 0 Å². The average Bonchev–Trinajstić information content (AvgIpc) is 2.37. The molecule has 1 unspecified atom stereocenters. The normalized spacial score (nSPS) is 20.5. The van der Waals surface area contributed by atoms with Crippen LogP contribution in [-0.2, 0) is 9.84 Å². The zero-order valence-corrected chi connectivity index (χ0v) is 12.4. The third kappa shape index (κ3) is 3.03. The molecule has 2 N–H and O–H groups in total. The summed E-state index contributed by atoms with van der Waals surface area (Å²) in [6.07, 6.45) is 5.91. The molecule has 1 aliphatic heterocycles. The van der Waals surface area contributed by atoms with Crippen LogP contribution in [0, 0.1) is 0 Å². The Kier molecular flexibility index (Phi) is 4.04. The second kappa shape index (κ2) is 5.41. The highest BCUT2D eigenvalue weighted by Crippen LogP contribution is 2.32. The van der Waals surface area contributed by atoms with Crippen molar-refractivity contribution >= 4 is 21.2 Å². The largest absolute Gasteiger partial charge is 0.397 e. The molecule has 0 aliphatic carbocycles. The van der Waals surface area contributed by atoms with E-state index in [1.54, 1.807) is 12.1 Å². The molecule has 4 nitrogen and oxygen atoms in total. The van der Waals surface area contributed by atoms with Crippen molar-refractivity contribution in [3.8, 4) is 0 Å². The Labute approximate surface area is 115 Å². The molecule has 1 atom stereocenters. The van der Waals surface area contributed by atoms with E-state index in [1.807, 2.05) is 6.07 Å². The molecule has 0 bridgehead atoms. The molecule has 1 fully saturated rings. The summed E-state index contributed by atoms with van der Waals surface area (Å²) in [5.74, 6) is 0. The number of piperidine rings is 1. The van der Waals surface area contributed by atoms with E-state index >= 15 is 0 Å². The van der Waals surface area contributed by atoms with Crippen LogP contribution in [0.3, 0.4) is 0 Å². The molecule has 1 heterocycles. The fraction of sp³-hybridized carbons (Fsp3) is 0.571. The predicted octanol–water partition coefficient (Wildman–Crippen LogP) is 2.44. The van der Waals surface area contributed by atoms with Crippen LogP contribution in [-0.4, -0.2) is 27.3 Å². The number of rotatable bonds is 3. The summed E-state index contributed by atoms with van der Waals surface area (Å²) in [6, 6.07) is 5.59. The fourth-order valence-electron chi connectivity index (χ4n) is 2.77. The highest BCUT2D eigenvalue weighted by atomic mass is 32.2. The van der Waals surface area contributed by atoms with Crippen LogP contribution in [0.4, 0.5) is 11.4 Å². The molecule has 1 aliphatic rings. The quantitative estimate of drug-likeness (QED) is 0.865. The summed E-state index contributed by atoms with van der Waals surface area (Å²) in [4.78, 5) is 2.61. The minimum absolute atomic E-state index is 0.291. The molecule has 0 saturated carbocycles. The van der Waals surface area contributed by atoms with Crippen LogP contribution >= 0.6 is 0 Å². The van der Waals surface area contributed by atoms with Crippen molar-refractivity contribution in [1.29, 1.82) is 0 Å². The number of benzene rings is 1. The minimum Gasteiger partial charge on any atom is -0.397 e. The summed E-state index contributed by atoms with van der Waals surface area (Å²) in [7, 11) is -3.19. The van der Waals surface area contributed by atoms with Crippen molar-refractivity contribution in [3.05, 3.63) is 18.2 Å². The third-order valence-corrected chi connectivity index (χ3v) is 4.95. The molecular weight excluding hydrogens is 260 g/mol. The molecular formula is C14H22N2O2S. The summed E-state index contributed by atoms with van der Waals surface area (Å²) < 4.78 is 23.0. The van der Waals surface area contributed by atoms with Gasteiger partial charge in [0.05, 0.1) is 16.3 Å². The van der Waals surface area contributed by atoms with Crippen LogP contribution in [0.15, 0.2) is 23.1 Å². The van der Waals surface area contributed by atoms with E-state index in [-0.39, 0.29) is 0 Å². The number of nitrogens with zero attached hydrogens (tertiary/aromatic N) is 1. The van der Waals surface area contributed by atoms with Crippen molar-refractivity contribution in [2.75, 3.05) is 23.4 Å². The van der Waals surface area contributed by atoms with E-state index in [2.05, 4.69) is 11.8 Å². The van der Waals surface area contributed by atoms with E-state index in [1.165, 1.54) is 25.5 Å². The van der Waals surface area contributed by atoms with Crippen molar-refractivity contribution in [3.63, 3.8) is 0 Å². The first-order valence-electron chi connectivity index (χ1n) is 6.79. The summed E-state index contributed by atoms with van der Waals surface area (Å²) in [5.41, 5.74) is 7.59. The van der Waals surface area contributed by atoms with Crippen LogP contribution < -0.4 is 10.6 Å². The first-order valence-corrected chi connectivity index (χ1v) is 8.69. The molecule has 106 valence electrons. The number of hydrogen-bond donors (Lipinski definition) is 1. The van der Waals surface area contributed by atoms with Gasteiger partial charge in [-0.3, -0.25) is 0 Å². The lowest BCUT2D eigenvalue weighted by Crippen LogP contribution is -2.39. The number of nitrogen functional groups attached to an aromatic ring is 1. The van der Waals surface area contributed by atoms with Crippen LogP contribution in [0.25, 0.3) is 0 Å². The Bertz CT molecular complexity index is 555. The van der Waals surface area contributed by atoms with Crippen LogP contribution in [0.2, 0.25) is 0 Å². The smallest absolute Gasteiger partial charge is 0.175 e. The van der Waals surface area contributed by atoms with Gasteiger partial charge in [-0.15, -0.1) is 0 Å². The molecule has 0 radical (unpaired) electrons. The lowest BCUT2D eigenvalue weighted by Gasteiger charge is -2.37. The molecule has 1 aromatic carbocycles. The van der Waals surface area contributed by atoms with Gasteiger partial charge in [0, 0.05) is 18.8 Å². The SMILES string of the molecule is CCC1CCCCN1c1ccc(S(C)(=O)=O)cc1N. The highest BCUT2D eigenvalue weighted by molar-refractivity contribution is 7.90. The van der Waals surface area contributed by atoms with E-state index in [0.29, 0.717) is 16.6 Å². The monoisotopic (exact) mass is 282 g/mol. The minimum atomic E-state index is -3.19. The Morgan fingerprint density at radius 3 is 2.68 bits per heavy atom. The van der Waals surface area contributed by atoms with Gasteiger partial charge in [-0.05, 0) is 43.9 Å². The van der Waals surface area contributed by atoms with Crippen LogP contribution in [0.1, 0.15) is 32.6 Å².